The van der Waals surface area contributed by atoms with Crippen molar-refractivity contribution in [2.24, 2.45) is 5.84 Å². The van der Waals surface area contributed by atoms with Gasteiger partial charge in [0.25, 0.3) is 0 Å². The molecule has 2 aromatic rings. The molecular formula is C16H22N4O. The fourth-order valence-electron chi connectivity index (χ4n) is 2.84. The maximum Gasteiger partial charge on any atom is 0.110 e. The smallest absolute Gasteiger partial charge is 0.110 e. The van der Waals surface area contributed by atoms with Gasteiger partial charge in [0.15, 0.2) is 0 Å². The largest absolute Gasteiger partial charge is 0.372 e. The van der Waals surface area contributed by atoms with Crippen LogP contribution < -0.4 is 11.3 Å². The molecular weight excluding hydrogens is 264 g/mol. The lowest BCUT2D eigenvalue weighted by Crippen LogP contribution is -2.30. The molecule has 112 valence electrons. The number of hydrazine groups is 1. The molecule has 21 heavy (non-hydrogen) atoms. The molecule has 3 N–H and O–H groups in total. The highest BCUT2D eigenvalue weighted by atomic mass is 16.5. The van der Waals surface area contributed by atoms with Gasteiger partial charge in [0.2, 0.25) is 0 Å². The van der Waals surface area contributed by atoms with Gasteiger partial charge in [-0.3, -0.25) is 11.3 Å². The standard InChI is InChI=1S/C16H22N4O/c1-2-6-20-7-5-18-16(20)9-15(19-17)12-3-4-13-10-21-11-14(13)8-12/h3-5,7-8,15,19H,2,6,9-11,17H2,1H3. The predicted molar refractivity (Wildman–Crippen MR) is 81.2 cm³/mol. The van der Waals surface area contributed by atoms with Crippen molar-refractivity contribution in [2.75, 3.05) is 0 Å². The molecule has 0 amide bonds. The Kier molecular flexibility index (Phi) is 4.34. The molecule has 0 radical (unpaired) electrons. The number of ether oxygens (including phenoxy) is 1. The summed E-state index contributed by atoms with van der Waals surface area (Å²) in [4.78, 5) is 4.46. The fourth-order valence-corrected chi connectivity index (χ4v) is 2.84. The second kappa shape index (κ2) is 6.39. The number of nitrogens with two attached hydrogens (primary N) is 1. The molecule has 0 saturated carbocycles. The number of rotatable bonds is 6. The highest BCUT2D eigenvalue weighted by molar-refractivity contribution is 5.35. The first-order chi connectivity index (χ1) is 10.3. The summed E-state index contributed by atoms with van der Waals surface area (Å²) in [6.07, 6.45) is 5.77. The molecule has 1 aromatic heterocycles. The molecule has 1 aliphatic rings. The minimum absolute atomic E-state index is 0.0638. The summed E-state index contributed by atoms with van der Waals surface area (Å²) in [7, 11) is 0. The second-order valence-electron chi connectivity index (χ2n) is 5.48. The van der Waals surface area contributed by atoms with E-state index in [1.54, 1.807) is 0 Å². The lowest BCUT2D eigenvalue weighted by atomic mass is 9.99. The molecule has 5 heteroatoms. The lowest BCUT2D eigenvalue weighted by Gasteiger charge is -2.17. The molecule has 0 bridgehead atoms. The molecule has 3 rings (SSSR count). The Bertz CT molecular complexity index is 608. The third-order valence-corrected chi connectivity index (χ3v) is 4.00. The number of aromatic nitrogens is 2. The molecule has 0 saturated heterocycles. The van der Waals surface area contributed by atoms with Gasteiger partial charge < -0.3 is 9.30 Å². The van der Waals surface area contributed by atoms with Crippen LogP contribution in [0.1, 0.15) is 41.9 Å². The van der Waals surface area contributed by atoms with E-state index in [1.165, 1.54) is 16.7 Å². The van der Waals surface area contributed by atoms with E-state index in [0.29, 0.717) is 6.61 Å². The van der Waals surface area contributed by atoms with Crippen molar-refractivity contribution in [1.29, 1.82) is 0 Å². The Labute approximate surface area is 125 Å². The quantitative estimate of drug-likeness (QED) is 0.630. The number of nitrogens with one attached hydrogen (secondary N) is 1. The van der Waals surface area contributed by atoms with Gasteiger partial charge in [-0.25, -0.2) is 4.98 Å². The summed E-state index contributed by atoms with van der Waals surface area (Å²) in [5.41, 5.74) is 6.66. The van der Waals surface area contributed by atoms with Gasteiger partial charge in [-0.05, 0) is 23.1 Å². The first-order valence-corrected chi connectivity index (χ1v) is 7.47. The van der Waals surface area contributed by atoms with Crippen LogP contribution in [0.3, 0.4) is 0 Å². The number of hydrogen-bond donors (Lipinski definition) is 2. The van der Waals surface area contributed by atoms with Gasteiger partial charge in [0, 0.05) is 25.4 Å². The van der Waals surface area contributed by atoms with Crippen LogP contribution in [0.15, 0.2) is 30.6 Å². The van der Waals surface area contributed by atoms with Gasteiger partial charge >= 0.3 is 0 Å². The molecule has 0 spiro atoms. The van der Waals surface area contributed by atoms with E-state index in [9.17, 15) is 0 Å². The van der Waals surface area contributed by atoms with Gasteiger partial charge in [-0.15, -0.1) is 0 Å². The van der Waals surface area contributed by atoms with Crippen LogP contribution in [0.5, 0.6) is 0 Å². The van der Waals surface area contributed by atoms with Crippen molar-refractivity contribution >= 4 is 0 Å². The molecule has 2 heterocycles. The van der Waals surface area contributed by atoms with Gasteiger partial charge in [-0.2, -0.15) is 0 Å². The summed E-state index contributed by atoms with van der Waals surface area (Å²) in [6.45, 7) is 4.58. The Morgan fingerprint density at radius 1 is 1.38 bits per heavy atom. The molecule has 0 fully saturated rings. The number of nitrogens with zero attached hydrogens (tertiary/aromatic N) is 2. The summed E-state index contributed by atoms with van der Waals surface area (Å²) in [5.74, 6) is 6.84. The van der Waals surface area contributed by atoms with Crippen molar-refractivity contribution in [3.05, 3.63) is 53.1 Å². The zero-order valence-electron chi connectivity index (χ0n) is 12.4. The monoisotopic (exact) mass is 286 g/mol. The topological polar surface area (TPSA) is 65.1 Å². The SMILES string of the molecule is CCCn1ccnc1CC(NN)c1ccc2c(c1)COC2. The average molecular weight is 286 g/mol. The normalized spacial score (nSPS) is 15.1. The molecule has 1 unspecified atom stereocenters. The molecule has 1 aromatic carbocycles. The Hall–Kier alpha value is -1.69. The minimum atomic E-state index is 0.0638. The second-order valence-corrected chi connectivity index (χ2v) is 5.48. The van der Waals surface area contributed by atoms with Crippen molar-refractivity contribution in [1.82, 2.24) is 15.0 Å². The van der Waals surface area contributed by atoms with Crippen molar-refractivity contribution < 1.29 is 4.74 Å². The van der Waals surface area contributed by atoms with Crippen LogP contribution in [0.2, 0.25) is 0 Å². The van der Waals surface area contributed by atoms with Crippen LogP contribution in [0, 0.1) is 0 Å². The van der Waals surface area contributed by atoms with Crippen LogP contribution >= 0.6 is 0 Å². The van der Waals surface area contributed by atoms with Gasteiger partial charge in [-0.1, -0.05) is 25.1 Å². The van der Waals surface area contributed by atoms with E-state index < -0.39 is 0 Å². The van der Waals surface area contributed by atoms with Crippen molar-refractivity contribution in [3.63, 3.8) is 0 Å². The highest BCUT2D eigenvalue weighted by Gasteiger charge is 2.17. The lowest BCUT2D eigenvalue weighted by molar-refractivity contribution is 0.134. The average Bonchev–Trinajstić information content (AvgIpc) is 3.13. The number of fused-ring (bicyclic) bond motifs is 1. The summed E-state index contributed by atoms with van der Waals surface area (Å²) in [5, 5.41) is 0. The maximum absolute atomic E-state index is 5.77. The van der Waals surface area contributed by atoms with E-state index in [1.807, 2.05) is 12.4 Å². The number of aryl methyl sites for hydroxylation is 1. The van der Waals surface area contributed by atoms with E-state index in [4.69, 9.17) is 10.6 Å². The zero-order chi connectivity index (χ0) is 14.7. The molecule has 1 atom stereocenters. The maximum atomic E-state index is 5.77. The van der Waals surface area contributed by atoms with E-state index >= 15 is 0 Å². The van der Waals surface area contributed by atoms with E-state index in [2.05, 4.69) is 40.1 Å². The van der Waals surface area contributed by atoms with Crippen molar-refractivity contribution in [2.45, 2.75) is 45.6 Å². The van der Waals surface area contributed by atoms with E-state index in [0.717, 1.165) is 31.8 Å². The highest BCUT2D eigenvalue weighted by Crippen LogP contribution is 2.25. The third-order valence-electron chi connectivity index (χ3n) is 4.00. The molecule has 0 aliphatic carbocycles. The summed E-state index contributed by atoms with van der Waals surface area (Å²) in [6, 6.07) is 6.53. The summed E-state index contributed by atoms with van der Waals surface area (Å²) < 4.78 is 7.67. The van der Waals surface area contributed by atoms with Crippen LogP contribution in [0.25, 0.3) is 0 Å². The Morgan fingerprint density at radius 3 is 3.05 bits per heavy atom. The number of benzene rings is 1. The van der Waals surface area contributed by atoms with Gasteiger partial charge in [0.1, 0.15) is 5.82 Å². The first-order valence-electron chi connectivity index (χ1n) is 7.47. The summed E-state index contributed by atoms with van der Waals surface area (Å²) >= 11 is 0. The minimum Gasteiger partial charge on any atom is -0.372 e. The predicted octanol–water partition coefficient (Wildman–Crippen LogP) is 2.07. The van der Waals surface area contributed by atoms with E-state index in [-0.39, 0.29) is 6.04 Å². The molecule has 5 nitrogen and oxygen atoms in total. The first kappa shape index (κ1) is 14.3. The molecule has 1 aliphatic heterocycles. The van der Waals surface area contributed by atoms with Crippen LogP contribution in [0.4, 0.5) is 0 Å². The van der Waals surface area contributed by atoms with Gasteiger partial charge in [0.05, 0.1) is 19.3 Å². The third kappa shape index (κ3) is 3.00. The van der Waals surface area contributed by atoms with Crippen LogP contribution in [-0.2, 0) is 30.9 Å². The number of imidazole rings is 1. The fraction of sp³-hybridized carbons (Fsp3) is 0.438. The number of hydrogen-bond acceptors (Lipinski definition) is 4. The van der Waals surface area contributed by atoms with Crippen LogP contribution in [-0.4, -0.2) is 9.55 Å². The zero-order valence-corrected chi connectivity index (χ0v) is 12.4. The Balaban J connectivity index is 1.80. The van der Waals surface area contributed by atoms with Crippen molar-refractivity contribution in [3.8, 4) is 0 Å². The Morgan fingerprint density at radius 2 is 2.24 bits per heavy atom.